The highest BCUT2D eigenvalue weighted by molar-refractivity contribution is 5.53. The molecule has 1 aliphatic rings. The van der Waals surface area contributed by atoms with Gasteiger partial charge in [0.2, 0.25) is 0 Å². The van der Waals surface area contributed by atoms with Crippen LogP contribution in [0.2, 0.25) is 0 Å². The highest BCUT2D eigenvalue weighted by Gasteiger charge is 2.13. The number of nitrogens with one attached hydrogen (secondary N) is 2. The summed E-state index contributed by atoms with van der Waals surface area (Å²) in [6.45, 7) is 1.06. The lowest BCUT2D eigenvalue weighted by molar-refractivity contribution is 0.491. The fourth-order valence-electron chi connectivity index (χ4n) is 2.60. The Hall–Kier alpha value is -1.25. The highest BCUT2D eigenvalue weighted by Crippen LogP contribution is 2.28. The minimum Gasteiger partial charge on any atom is -0.387 e. The average Bonchev–Trinajstić information content (AvgIpc) is 2.88. The molecule has 0 spiro atoms. The first kappa shape index (κ1) is 12.2. The number of pyridine rings is 1. The first-order valence-electron chi connectivity index (χ1n) is 6.75. The minimum absolute atomic E-state index is 0.999. The van der Waals surface area contributed by atoms with E-state index in [-0.39, 0.29) is 0 Å². The Bertz CT molecular complexity index is 332. The van der Waals surface area contributed by atoms with Crippen LogP contribution in [-0.4, -0.2) is 18.6 Å². The van der Waals surface area contributed by atoms with Gasteiger partial charge in [0, 0.05) is 13.6 Å². The minimum atomic E-state index is 0.999. The summed E-state index contributed by atoms with van der Waals surface area (Å²) in [5, 5.41) is 6.54. The predicted molar refractivity (Wildman–Crippen MR) is 73.5 cm³/mol. The van der Waals surface area contributed by atoms with Gasteiger partial charge in [-0.15, -0.1) is 0 Å². The second-order valence-electron chi connectivity index (χ2n) is 4.93. The fourth-order valence-corrected chi connectivity index (χ4v) is 2.60. The number of hydrogen-bond acceptors (Lipinski definition) is 3. The van der Waals surface area contributed by atoms with Gasteiger partial charge in [0.1, 0.15) is 0 Å². The number of aromatic nitrogens is 1. The molecule has 17 heavy (non-hydrogen) atoms. The molecule has 1 heterocycles. The van der Waals surface area contributed by atoms with Crippen molar-refractivity contribution in [2.75, 3.05) is 24.2 Å². The molecular formula is C14H23N3. The van der Waals surface area contributed by atoms with E-state index in [1.165, 1.54) is 38.5 Å². The molecular weight excluding hydrogens is 210 g/mol. The average molecular weight is 233 g/mol. The molecule has 94 valence electrons. The summed E-state index contributed by atoms with van der Waals surface area (Å²) in [4.78, 5) is 4.19. The number of rotatable bonds is 6. The van der Waals surface area contributed by atoms with E-state index in [4.69, 9.17) is 0 Å². The van der Waals surface area contributed by atoms with Crippen molar-refractivity contribution in [1.82, 2.24) is 4.98 Å². The second kappa shape index (κ2) is 6.48. The van der Waals surface area contributed by atoms with Gasteiger partial charge < -0.3 is 10.6 Å². The van der Waals surface area contributed by atoms with Crippen LogP contribution in [0.5, 0.6) is 0 Å². The van der Waals surface area contributed by atoms with Gasteiger partial charge >= 0.3 is 0 Å². The molecule has 1 saturated carbocycles. The molecule has 0 radical (unpaired) electrons. The maximum absolute atomic E-state index is 4.19. The van der Waals surface area contributed by atoms with Gasteiger partial charge in [-0.1, -0.05) is 25.7 Å². The molecule has 0 aromatic carbocycles. The van der Waals surface area contributed by atoms with Gasteiger partial charge in [0.25, 0.3) is 0 Å². The molecule has 2 rings (SSSR count). The van der Waals surface area contributed by atoms with E-state index in [0.29, 0.717) is 0 Å². The summed E-state index contributed by atoms with van der Waals surface area (Å²) < 4.78 is 0. The molecule has 1 aromatic heterocycles. The maximum Gasteiger partial charge on any atom is 0.0547 e. The summed E-state index contributed by atoms with van der Waals surface area (Å²) in [7, 11) is 1.92. The van der Waals surface area contributed by atoms with Crippen molar-refractivity contribution in [3.8, 4) is 0 Å². The van der Waals surface area contributed by atoms with Gasteiger partial charge in [0.05, 0.1) is 23.8 Å². The Labute approximate surface area is 104 Å². The zero-order valence-corrected chi connectivity index (χ0v) is 10.7. The molecule has 1 fully saturated rings. The fraction of sp³-hybridized carbons (Fsp3) is 0.643. The third kappa shape index (κ3) is 3.91. The van der Waals surface area contributed by atoms with E-state index < -0.39 is 0 Å². The second-order valence-corrected chi connectivity index (χ2v) is 4.93. The van der Waals surface area contributed by atoms with Gasteiger partial charge in [-0.25, -0.2) is 0 Å². The predicted octanol–water partition coefficient (Wildman–Crippen LogP) is 3.51. The first-order chi connectivity index (χ1) is 8.38. The zero-order chi connectivity index (χ0) is 11.9. The van der Waals surface area contributed by atoms with Crippen molar-refractivity contribution < 1.29 is 0 Å². The molecule has 1 aliphatic carbocycles. The molecule has 0 atom stereocenters. The maximum atomic E-state index is 4.19. The third-order valence-corrected chi connectivity index (χ3v) is 3.62. The molecule has 0 bridgehead atoms. The lowest BCUT2D eigenvalue weighted by Crippen LogP contribution is -2.04. The summed E-state index contributed by atoms with van der Waals surface area (Å²) >= 11 is 0. The molecule has 3 heteroatoms. The normalized spacial score (nSPS) is 16.1. The quantitative estimate of drug-likeness (QED) is 0.738. The molecule has 3 nitrogen and oxygen atoms in total. The van der Waals surface area contributed by atoms with Crippen LogP contribution in [0.1, 0.15) is 38.5 Å². The standard InChI is InChI=1S/C14H23N3/c1-15-13-9-14(11-16-10-13)17-8-4-7-12-5-2-3-6-12/h9-12,15,17H,2-8H2,1H3. The zero-order valence-electron chi connectivity index (χ0n) is 10.7. The van der Waals surface area contributed by atoms with Crippen molar-refractivity contribution in [2.24, 2.45) is 5.92 Å². The summed E-state index contributed by atoms with van der Waals surface area (Å²) in [6, 6.07) is 2.10. The Kier molecular flexibility index (Phi) is 4.65. The van der Waals surface area contributed by atoms with Crippen LogP contribution in [0.25, 0.3) is 0 Å². The molecule has 2 N–H and O–H groups in total. The number of hydrogen-bond donors (Lipinski definition) is 2. The van der Waals surface area contributed by atoms with Gasteiger partial charge in [-0.3, -0.25) is 4.98 Å². The van der Waals surface area contributed by atoms with Crippen LogP contribution < -0.4 is 10.6 Å². The highest BCUT2D eigenvalue weighted by atomic mass is 14.9. The Morgan fingerprint density at radius 1 is 1.24 bits per heavy atom. The molecule has 0 aliphatic heterocycles. The smallest absolute Gasteiger partial charge is 0.0547 e. The Morgan fingerprint density at radius 3 is 2.76 bits per heavy atom. The van der Waals surface area contributed by atoms with E-state index in [9.17, 15) is 0 Å². The van der Waals surface area contributed by atoms with Crippen LogP contribution in [0.15, 0.2) is 18.5 Å². The van der Waals surface area contributed by atoms with Crippen molar-refractivity contribution in [3.63, 3.8) is 0 Å². The van der Waals surface area contributed by atoms with Crippen molar-refractivity contribution >= 4 is 11.4 Å². The lowest BCUT2D eigenvalue weighted by atomic mass is 10.0. The van der Waals surface area contributed by atoms with E-state index in [1.54, 1.807) is 0 Å². The van der Waals surface area contributed by atoms with Crippen molar-refractivity contribution in [3.05, 3.63) is 18.5 Å². The Balaban J connectivity index is 1.66. The van der Waals surface area contributed by atoms with Gasteiger partial charge in [0.15, 0.2) is 0 Å². The van der Waals surface area contributed by atoms with E-state index in [2.05, 4.69) is 21.7 Å². The topological polar surface area (TPSA) is 37.0 Å². The summed E-state index contributed by atoms with van der Waals surface area (Å²) in [6.07, 6.45) is 12.2. The largest absolute Gasteiger partial charge is 0.387 e. The van der Waals surface area contributed by atoms with Crippen molar-refractivity contribution in [1.29, 1.82) is 0 Å². The van der Waals surface area contributed by atoms with E-state index in [0.717, 1.165) is 23.8 Å². The molecule has 1 aromatic rings. The van der Waals surface area contributed by atoms with Crippen LogP contribution >= 0.6 is 0 Å². The van der Waals surface area contributed by atoms with Crippen LogP contribution in [0, 0.1) is 5.92 Å². The third-order valence-electron chi connectivity index (χ3n) is 3.62. The number of nitrogens with zero attached hydrogens (tertiary/aromatic N) is 1. The van der Waals surface area contributed by atoms with E-state index >= 15 is 0 Å². The molecule has 0 unspecified atom stereocenters. The Morgan fingerprint density at radius 2 is 2.00 bits per heavy atom. The summed E-state index contributed by atoms with van der Waals surface area (Å²) in [5.41, 5.74) is 2.18. The van der Waals surface area contributed by atoms with Crippen molar-refractivity contribution in [2.45, 2.75) is 38.5 Å². The van der Waals surface area contributed by atoms with Gasteiger partial charge in [-0.05, 0) is 24.8 Å². The van der Waals surface area contributed by atoms with Crippen LogP contribution in [-0.2, 0) is 0 Å². The first-order valence-corrected chi connectivity index (χ1v) is 6.75. The lowest BCUT2D eigenvalue weighted by Gasteiger charge is -2.10. The SMILES string of the molecule is CNc1cncc(NCCCC2CCCC2)c1. The number of anilines is 2. The van der Waals surface area contributed by atoms with Gasteiger partial charge in [-0.2, -0.15) is 0 Å². The van der Waals surface area contributed by atoms with Crippen LogP contribution in [0.3, 0.4) is 0 Å². The monoisotopic (exact) mass is 233 g/mol. The summed E-state index contributed by atoms with van der Waals surface area (Å²) in [5.74, 6) is 0.999. The molecule has 0 saturated heterocycles. The van der Waals surface area contributed by atoms with E-state index in [1.807, 2.05) is 19.4 Å². The molecule has 0 amide bonds. The van der Waals surface area contributed by atoms with Crippen LogP contribution in [0.4, 0.5) is 11.4 Å².